The maximum absolute atomic E-state index is 11.8. The molecule has 136 valence electrons. The van der Waals surface area contributed by atoms with Crippen molar-refractivity contribution in [2.75, 3.05) is 11.9 Å². The van der Waals surface area contributed by atoms with Gasteiger partial charge in [0.25, 0.3) is 5.91 Å². The number of rotatable bonds is 8. The predicted molar refractivity (Wildman–Crippen MR) is 100.0 cm³/mol. The van der Waals surface area contributed by atoms with Gasteiger partial charge in [0.2, 0.25) is 0 Å². The molecule has 0 unspecified atom stereocenters. The van der Waals surface area contributed by atoms with Gasteiger partial charge >= 0.3 is 6.09 Å². The Morgan fingerprint density at radius 1 is 1.16 bits per heavy atom. The van der Waals surface area contributed by atoms with Gasteiger partial charge < -0.3 is 10.1 Å². The molecule has 1 rings (SSSR count). The molecule has 25 heavy (non-hydrogen) atoms. The lowest BCUT2D eigenvalue weighted by molar-refractivity contribution is -0.112. The van der Waals surface area contributed by atoms with Crippen LogP contribution in [0.1, 0.15) is 52.0 Å². The molecule has 0 aliphatic rings. The Morgan fingerprint density at radius 3 is 2.44 bits per heavy atom. The van der Waals surface area contributed by atoms with E-state index in [0.29, 0.717) is 23.4 Å². The number of alkyl carbamates (subject to hydrolysis) is 1. The predicted octanol–water partition coefficient (Wildman–Crippen LogP) is 4.22. The Labute approximate surface area is 149 Å². The van der Waals surface area contributed by atoms with E-state index in [1.165, 1.54) is 0 Å². The lowest BCUT2D eigenvalue weighted by Gasteiger charge is -2.09. The molecule has 0 aromatic heterocycles. The Morgan fingerprint density at radius 2 is 1.84 bits per heavy atom. The van der Waals surface area contributed by atoms with Gasteiger partial charge in [-0.25, -0.2) is 4.79 Å². The second-order valence-corrected chi connectivity index (χ2v) is 5.70. The lowest BCUT2D eigenvalue weighted by atomic mass is 10.2. The molecule has 6 nitrogen and oxygen atoms in total. The van der Waals surface area contributed by atoms with Gasteiger partial charge in [-0.3, -0.25) is 15.5 Å². The van der Waals surface area contributed by atoms with Crippen molar-refractivity contribution in [3.05, 3.63) is 41.5 Å². The first-order valence-corrected chi connectivity index (χ1v) is 8.55. The first-order chi connectivity index (χ1) is 12.0. The van der Waals surface area contributed by atoms with Gasteiger partial charge in [0.1, 0.15) is 5.84 Å². The van der Waals surface area contributed by atoms with Crippen LogP contribution in [0.2, 0.25) is 0 Å². The zero-order valence-electron chi connectivity index (χ0n) is 15.1. The molecule has 0 aliphatic heterocycles. The summed E-state index contributed by atoms with van der Waals surface area (Å²) in [5.41, 5.74) is 1.78. The average Bonchev–Trinajstić information content (AvgIpc) is 2.61. The Hall–Kier alpha value is -2.63. The molecule has 3 N–H and O–H groups in total. The Bertz CT molecular complexity index is 621. The summed E-state index contributed by atoms with van der Waals surface area (Å²) in [4.78, 5) is 23.4. The van der Waals surface area contributed by atoms with Crippen LogP contribution < -0.4 is 10.6 Å². The van der Waals surface area contributed by atoms with Crippen LogP contribution in [-0.4, -0.2) is 24.4 Å². The summed E-state index contributed by atoms with van der Waals surface area (Å²) in [6, 6.07) is 6.68. The van der Waals surface area contributed by atoms with E-state index >= 15 is 0 Å². The number of hydrogen-bond acceptors (Lipinski definition) is 4. The zero-order chi connectivity index (χ0) is 18.7. The van der Waals surface area contributed by atoms with Crippen LogP contribution in [-0.2, 0) is 9.53 Å². The molecule has 0 saturated carbocycles. The van der Waals surface area contributed by atoms with Crippen LogP contribution in [0.5, 0.6) is 0 Å². The molecular weight excluding hydrogens is 318 g/mol. The van der Waals surface area contributed by atoms with Crippen LogP contribution in [0.25, 0.3) is 0 Å². The van der Waals surface area contributed by atoms with Crippen LogP contribution in [0.4, 0.5) is 10.5 Å². The summed E-state index contributed by atoms with van der Waals surface area (Å²) >= 11 is 0. The number of nitrogens with one attached hydrogen (secondary N) is 3. The minimum Gasteiger partial charge on any atom is -0.449 e. The molecule has 0 aliphatic carbocycles. The number of carbonyl (C=O) groups is 2. The van der Waals surface area contributed by atoms with Crippen LogP contribution in [0.3, 0.4) is 0 Å². The van der Waals surface area contributed by atoms with Gasteiger partial charge in [-0.2, -0.15) is 0 Å². The number of ether oxygens (including phenoxy) is 1. The standard InChI is InChI=1S/C19H27N3O3/c1-4-6-7-8-13-25-19(24)22-17(20)15-9-11-16(12-10-15)21-18(23)14(3)5-2/h5,9-12H,4,6-8,13H2,1-3H3,(H,21,23)(H2,20,22,24)/b14-5+. The van der Waals surface area contributed by atoms with Crippen molar-refractivity contribution in [1.29, 1.82) is 5.41 Å². The third-order valence-corrected chi connectivity index (χ3v) is 3.68. The first kappa shape index (κ1) is 20.4. The molecule has 1 aromatic rings. The van der Waals surface area contributed by atoms with Crippen LogP contribution in [0, 0.1) is 5.41 Å². The molecule has 0 heterocycles. The van der Waals surface area contributed by atoms with Gasteiger partial charge in [-0.15, -0.1) is 0 Å². The van der Waals surface area contributed by atoms with E-state index in [-0.39, 0.29) is 11.7 Å². The highest BCUT2D eigenvalue weighted by molar-refractivity contribution is 6.05. The monoisotopic (exact) mass is 345 g/mol. The highest BCUT2D eigenvalue weighted by atomic mass is 16.5. The van der Waals surface area contributed by atoms with Crippen molar-refractivity contribution < 1.29 is 14.3 Å². The fraction of sp³-hybridized carbons (Fsp3) is 0.421. The van der Waals surface area contributed by atoms with Crippen LogP contribution >= 0.6 is 0 Å². The summed E-state index contributed by atoms with van der Waals surface area (Å²) in [5.74, 6) is -0.212. The highest BCUT2D eigenvalue weighted by Gasteiger charge is 2.09. The molecule has 1 aromatic carbocycles. The summed E-state index contributed by atoms with van der Waals surface area (Å²) in [7, 11) is 0. The van der Waals surface area contributed by atoms with Crippen molar-refractivity contribution in [1.82, 2.24) is 5.32 Å². The number of benzene rings is 1. The van der Waals surface area contributed by atoms with E-state index in [4.69, 9.17) is 10.1 Å². The fourth-order valence-corrected chi connectivity index (χ4v) is 1.99. The molecule has 0 atom stereocenters. The third kappa shape index (κ3) is 7.65. The van der Waals surface area contributed by atoms with Crippen LogP contribution in [0.15, 0.2) is 35.9 Å². The Balaban J connectivity index is 2.46. The number of hydrogen-bond donors (Lipinski definition) is 3. The van der Waals surface area contributed by atoms with E-state index in [1.54, 1.807) is 44.2 Å². The molecular formula is C19H27N3O3. The third-order valence-electron chi connectivity index (χ3n) is 3.68. The minimum absolute atomic E-state index is 0.0407. The Kier molecular flexibility index (Phi) is 9.00. The fourth-order valence-electron chi connectivity index (χ4n) is 1.99. The van der Waals surface area contributed by atoms with E-state index in [9.17, 15) is 9.59 Å². The van der Waals surface area contributed by atoms with Crippen molar-refractivity contribution in [2.45, 2.75) is 46.5 Å². The molecule has 2 amide bonds. The molecule has 0 radical (unpaired) electrons. The number of carbonyl (C=O) groups excluding carboxylic acids is 2. The molecule has 0 saturated heterocycles. The summed E-state index contributed by atoms with van der Waals surface area (Å²) in [6.07, 6.45) is 5.22. The largest absolute Gasteiger partial charge is 0.449 e. The molecule has 0 bridgehead atoms. The normalized spacial score (nSPS) is 10.9. The van der Waals surface area contributed by atoms with Gasteiger partial charge in [0.15, 0.2) is 0 Å². The molecule has 0 fully saturated rings. The topological polar surface area (TPSA) is 91.3 Å². The van der Waals surface area contributed by atoms with E-state index in [1.807, 2.05) is 0 Å². The number of unbranched alkanes of at least 4 members (excludes halogenated alkanes) is 3. The van der Waals surface area contributed by atoms with E-state index in [0.717, 1.165) is 25.7 Å². The van der Waals surface area contributed by atoms with Gasteiger partial charge in [0.05, 0.1) is 6.61 Å². The molecule has 6 heteroatoms. The SMILES string of the molecule is C/C=C(\C)C(=O)Nc1ccc(C(=N)NC(=O)OCCCCCC)cc1. The number of allylic oxidation sites excluding steroid dienone is 1. The van der Waals surface area contributed by atoms with Gasteiger partial charge in [0, 0.05) is 16.8 Å². The average molecular weight is 345 g/mol. The summed E-state index contributed by atoms with van der Waals surface area (Å²) < 4.78 is 5.04. The second kappa shape index (κ2) is 11.0. The summed E-state index contributed by atoms with van der Waals surface area (Å²) in [5, 5.41) is 13.1. The number of amidine groups is 1. The van der Waals surface area contributed by atoms with E-state index in [2.05, 4.69) is 17.6 Å². The highest BCUT2D eigenvalue weighted by Crippen LogP contribution is 2.11. The number of anilines is 1. The molecule has 0 spiro atoms. The van der Waals surface area contributed by atoms with Crippen molar-refractivity contribution in [3.63, 3.8) is 0 Å². The zero-order valence-corrected chi connectivity index (χ0v) is 15.1. The van der Waals surface area contributed by atoms with Gasteiger partial charge in [-0.05, 0) is 44.5 Å². The second-order valence-electron chi connectivity index (χ2n) is 5.70. The van der Waals surface area contributed by atoms with Crippen molar-refractivity contribution >= 4 is 23.5 Å². The van der Waals surface area contributed by atoms with Crippen molar-refractivity contribution in [2.24, 2.45) is 0 Å². The smallest absolute Gasteiger partial charge is 0.412 e. The maximum atomic E-state index is 11.8. The van der Waals surface area contributed by atoms with Crippen molar-refractivity contribution in [3.8, 4) is 0 Å². The van der Waals surface area contributed by atoms with Gasteiger partial charge in [-0.1, -0.05) is 32.3 Å². The minimum atomic E-state index is -0.623. The first-order valence-electron chi connectivity index (χ1n) is 8.55. The maximum Gasteiger partial charge on any atom is 0.412 e. The van der Waals surface area contributed by atoms with E-state index < -0.39 is 6.09 Å². The quantitative estimate of drug-likeness (QED) is 0.285. The lowest BCUT2D eigenvalue weighted by Crippen LogP contribution is -2.31. The summed E-state index contributed by atoms with van der Waals surface area (Å²) in [6.45, 7) is 6.01. The number of amides is 2.